The zero-order valence-corrected chi connectivity index (χ0v) is 9.75. The molecule has 0 aromatic heterocycles. The molecule has 2 bridgehead atoms. The van der Waals surface area contributed by atoms with Crippen molar-refractivity contribution in [1.82, 2.24) is 4.90 Å². The fourth-order valence-corrected chi connectivity index (χ4v) is 2.28. The summed E-state index contributed by atoms with van der Waals surface area (Å²) in [6.07, 6.45) is 1.89. The summed E-state index contributed by atoms with van der Waals surface area (Å²) in [5, 5.41) is 9.09. The Hall–Kier alpha value is -2.31. The van der Waals surface area contributed by atoms with Gasteiger partial charge in [0.15, 0.2) is 0 Å². The van der Waals surface area contributed by atoms with Gasteiger partial charge in [0, 0.05) is 0 Å². The highest BCUT2D eigenvalue weighted by molar-refractivity contribution is 6.05. The van der Waals surface area contributed by atoms with Gasteiger partial charge in [-0.15, -0.1) is 0 Å². The van der Waals surface area contributed by atoms with Gasteiger partial charge in [-0.3, -0.25) is 4.90 Å². The second-order valence-electron chi connectivity index (χ2n) is 3.77. The summed E-state index contributed by atoms with van der Waals surface area (Å²) in [6, 6.07) is -1.57. The quantitative estimate of drug-likeness (QED) is 0.547. The number of amides is 1. The molecule has 0 aliphatic carbocycles. The maximum absolute atomic E-state index is 11.7. The highest BCUT2D eigenvalue weighted by Gasteiger charge is 2.50. The molecule has 0 spiro atoms. The van der Waals surface area contributed by atoms with Crippen molar-refractivity contribution in [3.63, 3.8) is 0 Å². The minimum atomic E-state index is -1.21. The van der Waals surface area contributed by atoms with Crippen molar-refractivity contribution in [2.24, 2.45) is 0 Å². The van der Waals surface area contributed by atoms with Crippen molar-refractivity contribution >= 4 is 18.0 Å². The Morgan fingerprint density at radius 2 is 1.44 bits per heavy atom. The largest absolute Gasteiger partial charge is 0.466 e. The molecule has 0 aromatic carbocycles. The summed E-state index contributed by atoms with van der Waals surface area (Å²) in [6.45, 7) is 0. The van der Waals surface area contributed by atoms with Crippen LogP contribution in [0.1, 0.15) is 0 Å². The summed E-state index contributed by atoms with van der Waals surface area (Å²) in [5.74, 6) is -1.45. The molecule has 0 aromatic rings. The van der Waals surface area contributed by atoms with E-state index in [9.17, 15) is 14.4 Å². The van der Waals surface area contributed by atoms with Crippen LogP contribution in [0.5, 0.6) is 0 Å². The summed E-state index contributed by atoms with van der Waals surface area (Å²) < 4.78 is 9.16. The van der Waals surface area contributed by atoms with E-state index in [0.717, 1.165) is 4.90 Å². The van der Waals surface area contributed by atoms with Crippen LogP contribution in [0.2, 0.25) is 0 Å². The van der Waals surface area contributed by atoms with Crippen molar-refractivity contribution in [2.75, 3.05) is 14.2 Å². The molecule has 2 unspecified atom stereocenters. The lowest BCUT2D eigenvalue weighted by atomic mass is 9.97. The molecule has 2 aliphatic rings. The smallest absolute Gasteiger partial charge is 0.408 e. The number of carbonyl (C=O) groups excluding carboxylic acids is 2. The van der Waals surface area contributed by atoms with Crippen molar-refractivity contribution in [3.05, 3.63) is 23.3 Å². The number of hydrogen-bond acceptors (Lipinski definition) is 5. The molecule has 18 heavy (non-hydrogen) atoms. The molecule has 2 atom stereocenters. The van der Waals surface area contributed by atoms with Crippen LogP contribution in [0.25, 0.3) is 0 Å². The van der Waals surface area contributed by atoms with Gasteiger partial charge in [-0.2, -0.15) is 0 Å². The lowest BCUT2D eigenvalue weighted by Gasteiger charge is -2.19. The third-order valence-corrected chi connectivity index (χ3v) is 2.99. The molecular weight excluding hydrogens is 242 g/mol. The molecule has 0 saturated carbocycles. The molecule has 0 radical (unpaired) electrons. The third kappa shape index (κ3) is 1.47. The van der Waals surface area contributed by atoms with E-state index in [1.165, 1.54) is 14.2 Å². The van der Waals surface area contributed by atoms with E-state index in [1.807, 2.05) is 0 Å². The average molecular weight is 253 g/mol. The van der Waals surface area contributed by atoms with Crippen molar-refractivity contribution in [1.29, 1.82) is 0 Å². The summed E-state index contributed by atoms with van der Waals surface area (Å²) in [5.41, 5.74) is 0.0542. The Balaban J connectivity index is 2.49. The van der Waals surface area contributed by atoms with Gasteiger partial charge < -0.3 is 14.6 Å². The fourth-order valence-electron chi connectivity index (χ4n) is 2.28. The van der Waals surface area contributed by atoms with Crippen molar-refractivity contribution in [3.8, 4) is 0 Å². The van der Waals surface area contributed by atoms with Crippen molar-refractivity contribution < 1.29 is 29.0 Å². The lowest BCUT2D eigenvalue weighted by molar-refractivity contribution is -0.139. The van der Waals surface area contributed by atoms with Gasteiger partial charge in [-0.1, -0.05) is 12.2 Å². The van der Waals surface area contributed by atoms with E-state index in [1.54, 1.807) is 12.2 Å². The lowest BCUT2D eigenvalue weighted by Crippen LogP contribution is -2.38. The normalized spacial score (nSPS) is 24.4. The molecule has 1 N–H and O–H groups in total. The summed E-state index contributed by atoms with van der Waals surface area (Å²) >= 11 is 0. The molecule has 7 nitrogen and oxygen atoms in total. The van der Waals surface area contributed by atoms with Gasteiger partial charge in [-0.05, 0) is 0 Å². The number of esters is 2. The predicted molar refractivity (Wildman–Crippen MR) is 57.6 cm³/mol. The molecule has 7 heteroatoms. The van der Waals surface area contributed by atoms with Crippen LogP contribution in [0.3, 0.4) is 0 Å². The number of methoxy groups -OCH3 is 2. The van der Waals surface area contributed by atoms with Gasteiger partial charge in [0.05, 0.1) is 37.4 Å². The maximum Gasteiger partial charge on any atom is 0.408 e. The van der Waals surface area contributed by atoms with Crippen LogP contribution in [0.15, 0.2) is 23.3 Å². The number of carboxylic acid groups (broad SMARTS) is 1. The van der Waals surface area contributed by atoms with E-state index in [0.29, 0.717) is 0 Å². The molecular formula is C11H11NO6. The van der Waals surface area contributed by atoms with E-state index in [2.05, 4.69) is 9.47 Å². The van der Waals surface area contributed by atoms with Crippen LogP contribution in [0.4, 0.5) is 4.79 Å². The van der Waals surface area contributed by atoms with Crippen LogP contribution < -0.4 is 0 Å². The number of carbonyl (C=O) groups is 3. The first-order valence-corrected chi connectivity index (χ1v) is 5.13. The molecule has 2 aliphatic heterocycles. The number of hydrogen-bond donors (Lipinski definition) is 1. The van der Waals surface area contributed by atoms with Gasteiger partial charge in [0.25, 0.3) is 0 Å². The second kappa shape index (κ2) is 4.17. The second-order valence-corrected chi connectivity index (χ2v) is 3.77. The number of rotatable bonds is 2. The van der Waals surface area contributed by atoms with Gasteiger partial charge in [0.1, 0.15) is 0 Å². The molecule has 96 valence electrons. The van der Waals surface area contributed by atoms with Crippen LogP contribution in [-0.2, 0) is 19.1 Å². The first-order valence-electron chi connectivity index (χ1n) is 5.13. The Morgan fingerprint density at radius 3 is 1.72 bits per heavy atom. The maximum atomic E-state index is 11.7. The fraction of sp³-hybridized carbons (Fsp3) is 0.364. The zero-order valence-electron chi connectivity index (χ0n) is 9.75. The summed E-state index contributed by atoms with van der Waals surface area (Å²) in [7, 11) is 2.34. The molecule has 2 rings (SSSR count). The van der Waals surface area contributed by atoms with E-state index < -0.39 is 30.1 Å². The SMILES string of the molecule is COC(=O)C1=C(C(=O)OC)C2C=CC1N2C(=O)O. The first kappa shape index (κ1) is 12.2. The van der Waals surface area contributed by atoms with Crippen LogP contribution in [-0.4, -0.2) is 54.3 Å². The number of ether oxygens (including phenoxy) is 2. The van der Waals surface area contributed by atoms with Crippen LogP contribution in [0, 0.1) is 0 Å². The minimum Gasteiger partial charge on any atom is -0.466 e. The zero-order chi connectivity index (χ0) is 13.4. The minimum absolute atomic E-state index is 0.0271. The molecule has 1 amide bonds. The first-order chi connectivity index (χ1) is 8.52. The Labute approximate surface area is 102 Å². The highest BCUT2D eigenvalue weighted by Crippen LogP contribution is 2.38. The average Bonchev–Trinajstić information content (AvgIpc) is 2.91. The molecule has 0 fully saturated rings. The Bertz CT molecular complexity index is 456. The highest BCUT2D eigenvalue weighted by atomic mass is 16.5. The summed E-state index contributed by atoms with van der Waals surface area (Å²) in [4.78, 5) is 35.5. The number of nitrogens with zero attached hydrogens (tertiary/aromatic N) is 1. The van der Waals surface area contributed by atoms with E-state index in [-0.39, 0.29) is 11.1 Å². The predicted octanol–water partition coefficient (Wildman–Crippen LogP) is -0.0704. The standard InChI is InChI=1S/C11H11NO6/c1-17-9(13)7-5-3-4-6(12(5)11(15)16)8(7)10(14)18-2/h3-6H,1-2H3,(H,15,16). The Kier molecular flexibility index (Phi) is 2.82. The molecule has 0 saturated heterocycles. The van der Waals surface area contributed by atoms with Gasteiger partial charge in [0.2, 0.25) is 0 Å². The van der Waals surface area contributed by atoms with Gasteiger partial charge in [-0.25, -0.2) is 14.4 Å². The van der Waals surface area contributed by atoms with E-state index in [4.69, 9.17) is 5.11 Å². The van der Waals surface area contributed by atoms with Crippen molar-refractivity contribution in [2.45, 2.75) is 12.1 Å². The monoisotopic (exact) mass is 253 g/mol. The number of fused-ring (bicyclic) bond motifs is 2. The Morgan fingerprint density at radius 1 is 1.06 bits per heavy atom. The van der Waals surface area contributed by atoms with E-state index >= 15 is 0 Å². The third-order valence-electron chi connectivity index (χ3n) is 2.99. The topological polar surface area (TPSA) is 93.1 Å². The molecule has 2 heterocycles. The van der Waals surface area contributed by atoms with Gasteiger partial charge >= 0.3 is 18.0 Å². The van der Waals surface area contributed by atoms with Crippen LogP contribution >= 0.6 is 0 Å².